The number of hydrogen-bond donors (Lipinski definition) is 1. The molecule has 0 aliphatic carbocycles. The molecular formula is C12H13BrN2OS. The lowest BCUT2D eigenvalue weighted by Crippen LogP contribution is -2.01. The van der Waals surface area contributed by atoms with Crippen LogP contribution in [0.5, 0.6) is 5.88 Å². The van der Waals surface area contributed by atoms with Crippen LogP contribution in [0.15, 0.2) is 34.1 Å². The maximum absolute atomic E-state index is 5.35. The standard InChI is InChI=1S/C12H13BrN2OS/c1-2-16-12-5-3-4-11(15-12)14-8-9-6-7-10(13)17-9/h3-7H,2,8H2,1H3,(H,14,15). The first kappa shape index (κ1) is 12.4. The second-order valence-corrected chi connectivity index (χ2v) is 5.90. The summed E-state index contributed by atoms with van der Waals surface area (Å²) in [5, 5.41) is 3.27. The number of aromatic nitrogens is 1. The van der Waals surface area contributed by atoms with E-state index in [2.05, 4.69) is 32.3 Å². The van der Waals surface area contributed by atoms with Crippen LogP contribution in [0.2, 0.25) is 0 Å². The van der Waals surface area contributed by atoms with Crippen LogP contribution in [0.3, 0.4) is 0 Å². The summed E-state index contributed by atoms with van der Waals surface area (Å²) in [6.45, 7) is 3.36. The van der Waals surface area contributed by atoms with Crippen molar-refractivity contribution >= 4 is 33.1 Å². The third kappa shape index (κ3) is 3.71. The molecule has 0 radical (unpaired) electrons. The summed E-state index contributed by atoms with van der Waals surface area (Å²) >= 11 is 5.16. The van der Waals surface area contributed by atoms with Crippen molar-refractivity contribution in [3.05, 3.63) is 39.0 Å². The predicted molar refractivity (Wildman–Crippen MR) is 74.8 cm³/mol. The SMILES string of the molecule is CCOc1cccc(NCc2ccc(Br)s2)n1. The number of halogens is 1. The first-order valence-corrected chi connectivity index (χ1v) is 6.97. The van der Waals surface area contributed by atoms with Crippen LogP contribution >= 0.6 is 27.3 Å². The van der Waals surface area contributed by atoms with Crippen LogP contribution in [-0.2, 0) is 6.54 Å². The average molecular weight is 313 g/mol. The van der Waals surface area contributed by atoms with Gasteiger partial charge in [-0.05, 0) is 41.1 Å². The van der Waals surface area contributed by atoms with Gasteiger partial charge in [0.15, 0.2) is 0 Å². The Balaban J connectivity index is 1.96. The summed E-state index contributed by atoms with van der Waals surface area (Å²) in [4.78, 5) is 5.61. The molecule has 0 amide bonds. The normalized spacial score (nSPS) is 10.2. The Morgan fingerprint density at radius 1 is 1.35 bits per heavy atom. The average Bonchev–Trinajstić information content (AvgIpc) is 2.74. The molecule has 2 rings (SSSR count). The Hall–Kier alpha value is -1.07. The van der Waals surface area contributed by atoms with Crippen LogP contribution in [0, 0.1) is 0 Å². The summed E-state index contributed by atoms with van der Waals surface area (Å²) in [6, 6.07) is 9.87. The van der Waals surface area contributed by atoms with Crippen molar-refractivity contribution in [3.63, 3.8) is 0 Å². The Kier molecular flexibility index (Phi) is 4.39. The van der Waals surface area contributed by atoms with Crippen molar-refractivity contribution in [3.8, 4) is 5.88 Å². The van der Waals surface area contributed by atoms with Gasteiger partial charge in [-0.2, -0.15) is 4.98 Å². The van der Waals surface area contributed by atoms with Crippen molar-refractivity contribution in [1.82, 2.24) is 4.98 Å². The van der Waals surface area contributed by atoms with Crippen LogP contribution in [0.4, 0.5) is 5.82 Å². The lowest BCUT2D eigenvalue weighted by Gasteiger charge is -2.06. The molecule has 1 N–H and O–H groups in total. The molecule has 0 atom stereocenters. The highest BCUT2D eigenvalue weighted by atomic mass is 79.9. The fourth-order valence-corrected chi connectivity index (χ4v) is 2.79. The van der Waals surface area contributed by atoms with E-state index in [1.807, 2.05) is 31.2 Å². The largest absolute Gasteiger partial charge is 0.478 e. The summed E-state index contributed by atoms with van der Waals surface area (Å²) in [7, 11) is 0. The third-order valence-corrected chi connectivity index (χ3v) is 3.71. The maximum Gasteiger partial charge on any atom is 0.215 e. The molecule has 2 aromatic rings. The molecule has 0 saturated heterocycles. The molecule has 3 nitrogen and oxygen atoms in total. The van der Waals surface area contributed by atoms with E-state index in [9.17, 15) is 0 Å². The highest BCUT2D eigenvalue weighted by Gasteiger charge is 2.00. The van der Waals surface area contributed by atoms with Crippen LogP contribution in [0.1, 0.15) is 11.8 Å². The van der Waals surface area contributed by atoms with Crippen LogP contribution < -0.4 is 10.1 Å². The Labute approximate surface area is 113 Å². The van der Waals surface area contributed by atoms with Gasteiger partial charge in [0.2, 0.25) is 5.88 Å². The van der Waals surface area contributed by atoms with Gasteiger partial charge in [-0.1, -0.05) is 6.07 Å². The van der Waals surface area contributed by atoms with E-state index < -0.39 is 0 Å². The smallest absolute Gasteiger partial charge is 0.215 e. The zero-order valence-electron chi connectivity index (χ0n) is 9.44. The Morgan fingerprint density at radius 2 is 2.24 bits per heavy atom. The highest BCUT2D eigenvalue weighted by molar-refractivity contribution is 9.11. The molecule has 5 heteroatoms. The van der Waals surface area contributed by atoms with E-state index in [-0.39, 0.29) is 0 Å². The molecule has 2 heterocycles. The van der Waals surface area contributed by atoms with Gasteiger partial charge >= 0.3 is 0 Å². The van der Waals surface area contributed by atoms with Crippen molar-refractivity contribution < 1.29 is 4.74 Å². The second kappa shape index (κ2) is 6.02. The Morgan fingerprint density at radius 3 is 2.94 bits per heavy atom. The zero-order chi connectivity index (χ0) is 12.1. The number of anilines is 1. The molecule has 0 spiro atoms. The van der Waals surface area contributed by atoms with Crippen molar-refractivity contribution in [2.75, 3.05) is 11.9 Å². The number of rotatable bonds is 5. The number of thiophene rings is 1. The van der Waals surface area contributed by atoms with E-state index >= 15 is 0 Å². The summed E-state index contributed by atoms with van der Waals surface area (Å²) in [5.74, 6) is 1.49. The fraction of sp³-hybridized carbons (Fsp3) is 0.250. The van der Waals surface area contributed by atoms with E-state index in [0.717, 1.165) is 16.1 Å². The van der Waals surface area contributed by atoms with Gasteiger partial charge in [0, 0.05) is 10.9 Å². The van der Waals surface area contributed by atoms with Crippen molar-refractivity contribution in [2.24, 2.45) is 0 Å². The minimum Gasteiger partial charge on any atom is -0.478 e. The minimum absolute atomic E-state index is 0.633. The summed E-state index contributed by atoms with van der Waals surface area (Å²) in [6.07, 6.45) is 0. The van der Waals surface area contributed by atoms with Gasteiger partial charge in [-0.25, -0.2) is 0 Å². The number of nitrogens with zero attached hydrogens (tertiary/aromatic N) is 1. The first-order valence-electron chi connectivity index (χ1n) is 5.36. The fourth-order valence-electron chi connectivity index (χ4n) is 1.37. The van der Waals surface area contributed by atoms with Gasteiger partial charge in [0.1, 0.15) is 5.82 Å². The summed E-state index contributed by atoms with van der Waals surface area (Å²) < 4.78 is 6.49. The molecule has 0 fully saturated rings. The molecule has 2 aromatic heterocycles. The van der Waals surface area contributed by atoms with Gasteiger partial charge < -0.3 is 10.1 Å². The second-order valence-electron chi connectivity index (χ2n) is 3.35. The minimum atomic E-state index is 0.633. The van der Waals surface area contributed by atoms with Crippen molar-refractivity contribution in [2.45, 2.75) is 13.5 Å². The van der Waals surface area contributed by atoms with E-state index in [4.69, 9.17) is 4.74 Å². The molecule has 0 bridgehead atoms. The molecule has 90 valence electrons. The van der Waals surface area contributed by atoms with Gasteiger partial charge in [0.05, 0.1) is 16.9 Å². The number of nitrogens with one attached hydrogen (secondary N) is 1. The van der Waals surface area contributed by atoms with E-state index in [1.54, 1.807) is 11.3 Å². The topological polar surface area (TPSA) is 34.1 Å². The predicted octanol–water partition coefficient (Wildman–Crippen LogP) is 3.92. The van der Waals surface area contributed by atoms with Crippen molar-refractivity contribution in [1.29, 1.82) is 0 Å². The molecule has 0 unspecified atom stereocenters. The lowest BCUT2D eigenvalue weighted by molar-refractivity contribution is 0.327. The van der Waals surface area contributed by atoms with Crippen LogP contribution in [-0.4, -0.2) is 11.6 Å². The Bertz CT molecular complexity index is 487. The highest BCUT2D eigenvalue weighted by Crippen LogP contribution is 2.22. The lowest BCUT2D eigenvalue weighted by atomic mass is 10.4. The first-order chi connectivity index (χ1) is 8.28. The molecule has 0 saturated carbocycles. The molecule has 0 aliphatic rings. The van der Waals surface area contributed by atoms with E-state index in [1.165, 1.54) is 4.88 Å². The van der Waals surface area contributed by atoms with Gasteiger partial charge in [-0.3, -0.25) is 0 Å². The van der Waals surface area contributed by atoms with E-state index in [0.29, 0.717) is 12.5 Å². The van der Waals surface area contributed by atoms with Crippen LogP contribution in [0.25, 0.3) is 0 Å². The monoisotopic (exact) mass is 312 g/mol. The quantitative estimate of drug-likeness (QED) is 0.908. The summed E-state index contributed by atoms with van der Waals surface area (Å²) in [5.41, 5.74) is 0. The third-order valence-electron chi connectivity index (χ3n) is 2.09. The molecule has 0 aromatic carbocycles. The number of pyridine rings is 1. The zero-order valence-corrected chi connectivity index (χ0v) is 11.8. The number of hydrogen-bond acceptors (Lipinski definition) is 4. The molecule has 17 heavy (non-hydrogen) atoms. The molecular weight excluding hydrogens is 300 g/mol. The number of ether oxygens (including phenoxy) is 1. The maximum atomic E-state index is 5.35. The van der Waals surface area contributed by atoms with Gasteiger partial charge in [-0.15, -0.1) is 11.3 Å². The molecule has 0 aliphatic heterocycles. The van der Waals surface area contributed by atoms with Gasteiger partial charge in [0.25, 0.3) is 0 Å².